The van der Waals surface area contributed by atoms with Crippen LogP contribution in [0.5, 0.6) is 5.75 Å². The second kappa shape index (κ2) is 5.14. The van der Waals surface area contributed by atoms with E-state index in [0.29, 0.717) is 11.3 Å². The molecule has 0 unspecified atom stereocenters. The summed E-state index contributed by atoms with van der Waals surface area (Å²) in [5.74, 6) is 0.462. The highest BCUT2D eigenvalue weighted by Crippen LogP contribution is 2.24. The first-order valence-corrected chi connectivity index (χ1v) is 6.16. The van der Waals surface area contributed by atoms with Crippen LogP contribution in [-0.2, 0) is 14.3 Å². The van der Waals surface area contributed by atoms with Gasteiger partial charge in [0, 0.05) is 6.07 Å². The molecular formula is C11H14O4S. The van der Waals surface area contributed by atoms with Gasteiger partial charge in [-0.05, 0) is 24.6 Å². The molecule has 1 aromatic rings. The van der Waals surface area contributed by atoms with E-state index in [2.05, 4.69) is 6.58 Å². The maximum atomic E-state index is 11.8. The summed E-state index contributed by atoms with van der Waals surface area (Å²) in [5.41, 5.74) is 0.495. The van der Waals surface area contributed by atoms with Crippen LogP contribution in [0.1, 0.15) is 12.5 Å². The molecule has 0 heterocycles. The van der Waals surface area contributed by atoms with Gasteiger partial charge in [0.1, 0.15) is 10.6 Å². The normalized spacial score (nSPS) is 11.1. The second-order valence-corrected chi connectivity index (χ2v) is 4.55. The highest BCUT2D eigenvalue weighted by Gasteiger charge is 2.18. The molecule has 1 rings (SSSR count). The third kappa shape index (κ3) is 2.62. The lowest BCUT2D eigenvalue weighted by molar-refractivity contribution is 0.337. The average molecular weight is 242 g/mol. The van der Waals surface area contributed by atoms with Crippen molar-refractivity contribution in [2.24, 2.45) is 0 Å². The van der Waals surface area contributed by atoms with Crippen LogP contribution in [0.4, 0.5) is 0 Å². The Labute approximate surface area is 95.6 Å². The lowest BCUT2D eigenvalue weighted by Gasteiger charge is -2.08. The molecule has 0 aliphatic carbocycles. The molecule has 0 aliphatic rings. The summed E-state index contributed by atoms with van der Waals surface area (Å²) in [7, 11) is -2.26. The van der Waals surface area contributed by atoms with Gasteiger partial charge in [-0.25, -0.2) is 0 Å². The number of hydrogen-bond donors (Lipinski definition) is 0. The molecule has 1 aromatic carbocycles. The molecule has 0 amide bonds. The lowest BCUT2D eigenvalue weighted by Crippen LogP contribution is -2.08. The summed E-state index contributed by atoms with van der Waals surface area (Å²) >= 11 is 0. The predicted octanol–water partition coefficient (Wildman–Crippen LogP) is 2.06. The molecule has 0 N–H and O–H groups in total. The van der Waals surface area contributed by atoms with Gasteiger partial charge in [0.2, 0.25) is 0 Å². The number of hydrogen-bond acceptors (Lipinski definition) is 4. The van der Waals surface area contributed by atoms with E-state index in [4.69, 9.17) is 8.92 Å². The largest absolute Gasteiger partial charge is 0.497 e. The van der Waals surface area contributed by atoms with Crippen LogP contribution >= 0.6 is 0 Å². The van der Waals surface area contributed by atoms with Gasteiger partial charge in [0.05, 0.1) is 13.7 Å². The molecule has 0 spiro atoms. The average Bonchev–Trinajstić information content (AvgIpc) is 2.28. The van der Waals surface area contributed by atoms with E-state index in [-0.39, 0.29) is 11.5 Å². The molecule has 16 heavy (non-hydrogen) atoms. The van der Waals surface area contributed by atoms with E-state index < -0.39 is 10.1 Å². The number of rotatable bonds is 5. The summed E-state index contributed by atoms with van der Waals surface area (Å²) < 4.78 is 33.2. The van der Waals surface area contributed by atoms with Crippen molar-refractivity contribution in [3.8, 4) is 5.75 Å². The Kier molecular flexibility index (Phi) is 4.09. The van der Waals surface area contributed by atoms with Gasteiger partial charge in [0.25, 0.3) is 10.1 Å². The molecular weight excluding hydrogens is 228 g/mol. The molecule has 4 nitrogen and oxygen atoms in total. The zero-order valence-corrected chi connectivity index (χ0v) is 10.1. The number of methoxy groups -OCH3 is 1. The summed E-state index contributed by atoms with van der Waals surface area (Å²) in [5, 5.41) is 0. The smallest absolute Gasteiger partial charge is 0.297 e. The summed E-state index contributed by atoms with van der Waals surface area (Å²) in [4.78, 5) is 0.0729. The van der Waals surface area contributed by atoms with Gasteiger partial charge >= 0.3 is 0 Å². The molecule has 0 atom stereocenters. The first-order valence-electron chi connectivity index (χ1n) is 4.75. The van der Waals surface area contributed by atoms with Crippen molar-refractivity contribution in [2.75, 3.05) is 13.7 Å². The van der Waals surface area contributed by atoms with Gasteiger partial charge in [-0.15, -0.1) is 0 Å². The Balaban J connectivity index is 3.34. The van der Waals surface area contributed by atoms with E-state index in [1.54, 1.807) is 19.1 Å². The highest BCUT2D eigenvalue weighted by atomic mass is 32.2. The fraction of sp³-hybridized carbons (Fsp3) is 0.273. The summed E-state index contributed by atoms with van der Waals surface area (Å²) in [6.45, 7) is 5.27. The minimum absolute atomic E-state index is 0.0729. The van der Waals surface area contributed by atoms with Gasteiger partial charge in [-0.1, -0.05) is 12.7 Å². The van der Waals surface area contributed by atoms with Crippen molar-refractivity contribution in [1.29, 1.82) is 0 Å². The zero-order chi connectivity index (χ0) is 12.2. The van der Waals surface area contributed by atoms with E-state index in [0.717, 1.165) is 0 Å². The first kappa shape index (κ1) is 12.7. The van der Waals surface area contributed by atoms with E-state index in [1.165, 1.54) is 19.3 Å². The van der Waals surface area contributed by atoms with Crippen LogP contribution in [0, 0.1) is 0 Å². The Hall–Kier alpha value is -1.33. The predicted molar refractivity (Wildman–Crippen MR) is 61.9 cm³/mol. The quantitative estimate of drug-likeness (QED) is 0.742. The van der Waals surface area contributed by atoms with Crippen molar-refractivity contribution in [3.05, 3.63) is 30.3 Å². The zero-order valence-electron chi connectivity index (χ0n) is 9.26. The van der Waals surface area contributed by atoms with Crippen molar-refractivity contribution < 1.29 is 17.3 Å². The van der Waals surface area contributed by atoms with Crippen molar-refractivity contribution in [1.82, 2.24) is 0 Å². The van der Waals surface area contributed by atoms with E-state index in [9.17, 15) is 8.42 Å². The molecule has 0 saturated heterocycles. The van der Waals surface area contributed by atoms with Gasteiger partial charge < -0.3 is 4.74 Å². The van der Waals surface area contributed by atoms with Crippen LogP contribution in [0.3, 0.4) is 0 Å². The number of benzene rings is 1. The molecule has 0 radical (unpaired) electrons. The fourth-order valence-corrected chi connectivity index (χ4v) is 2.38. The van der Waals surface area contributed by atoms with Crippen LogP contribution in [-0.4, -0.2) is 22.1 Å². The lowest BCUT2D eigenvalue weighted by atomic mass is 10.2. The molecule has 88 valence electrons. The number of ether oxygens (including phenoxy) is 1. The van der Waals surface area contributed by atoms with Gasteiger partial charge in [-0.3, -0.25) is 4.18 Å². The first-order chi connectivity index (χ1) is 7.55. The third-order valence-corrected chi connectivity index (χ3v) is 3.42. The standard InChI is InChI=1S/C11H14O4S/c1-4-9-6-7-10(14-3)8-11(9)16(12,13)15-5-2/h4,6-8H,1,5H2,2-3H3. The van der Waals surface area contributed by atoms with Gasteiger partial charge in [0.15, 0.2) is 0 Å². The topological polar surface area (TPSA) is 52.6 Å². The molecule has 0 bridgehead atoms. The Morgan fingerprint density at radius 1 is 1.44 bits per heavy atom. The maximum Gasteiger partial charge on any atom is 0.297 e. The summed E-state index contributed by atoms with van der Waals surface area (Å²) in [6, 6.07) is 4.71. The van der Waals surface area contributed by atoms with Crippen molar-refractivity contribution in [3.63, 3.8) is 0 Å². The van der Waals surface area contributed by atoms with E-state index >= 15 is 0 Å². The van der Waals surface area contributed by atoms with Crippen molar-refractivity contribution >= 4 is 16.2 Å². The summed E-state index contributed by atoms with van der Waals surface area (Å²) in [6.07, 6.45) is 1.46. The van der Waals surface area contributed by atoms with Crippen LogP contribution < -0.4 is 4.74 Å². The van der Waals surface area contributed by atoms with Crippen LogP contribution in [0.25, 0.3) is 6.08 Å². The third-order valence-electron chi connectivity index (χ3n) is 1.98. The SMILES string of the molecule is C=Cc1ccc(OC)cc1S(=O)(=O)OCC. The molecule has 0 aromatic heterocycles. The molecule has 0 saturated carbocycles. The Morgan fingerprint density at radius 3 is 2.62 bits per heavy atom. The Morgan fingerprint density at radius 2 is 2.12 bits per heavy atom. The maximum absolute atomic E-state index is 11.8. The molecule has 5 heteroatoms. The van der Waals surface area contributed by atoms with Crippen LogP contribution in [0.2, 0.25) is 0 Å². The van der Waals surface area contributed by atoms with Gasteiger partial charge in [-0.2, -0.15) is 8.42 Å². The minimum atomic E-state index is -3.74. The second-order valence-electron chi connectivity index (χ2n) is 2.97. The molecule has 0 aliphatic heterocycles. The monoisotopic (exact) mass is 242 g/mol. The van der Waals surface area contributed by atoms with Crippen LogP contribution in [0.15, 0.2) is 29.7 Å². The fourth-order valence-electron chi connectivity index (χ4n) is 1.25. The highest BCUT2D eigenvalue weighted by molar-refractivity contribution is 7.86. The Bertz CT molecular complexity index is 477. The van der Waals surface area contributed by atoms with Crippen molar-refractivity contribution in [2.45, 2.75) is 11.8 Å². The minimum Gasteiger partial charge on any atom is -0.497 e. The molecule has 0 fully saturated rings. The van der Waals surface area contributed by atoms with E-state index in [1.807, 2.05) is 0 Å².